The summed E-state index contributed by atoms with van der Waals surface area (Å²) in [5, 5.41) is 0. The summed E-state index contributed by atoms with van der Waals surface area (Å²) < 4.78 is 4.72. The Labute approximate surface area is 83.5 Å². The van der Waals surface area contributed by atoms with E-state index in [-0.39, 0.29) is 5.97 Å². The van der Waals surface area contributed by atoms with Crippen LogP contribution in [0.4, 0.5) is 0 Å². The fourth-order valence-electron chi connectivity index (χ4n) is 2.24. The Morgan fingerprint density at radius 1 is 1.50 bits per heavy atom. The van der Waals surface area contributed by atoms with E-state index in [1.807, 2.05) is 12.3 Å². The van der Waals surface area contributed by atoms with Crippen LogP contribution in [0.15, 0.2) is 12.3 Å². The predicted molar refractivity (Wildman–Crippen MR) is 53.3 cm³/mol. The lowest BCUT2D eigenvalue weighted by Gasteiger charge is -2.08. The van der Waals surface area contributed by atoms with Crippen LogP contribution in [0.5, 0.6) is 0 Å². The number of hydrogen-bond acceptors (Lipinski definition) is 2. The summed E-state index contributed by atoms with van der Waals surface area (Å²) in [6.45, 7) is 0. The molecule has 0 amide bonds. The molecule has 3 heteroatoms. The third-order valence-corrected chi connectivity index (χ3v) is 2.96. The van der Waals surface area contributed by atoms with Gasteiger partial charge in [0, 0.05) is 6.20 Å². The lowest BCUT2D eigenvalue weighted by molar-refractivity contribution is 0.0593. The second-order valence-electron chi connectivity index (χ2n) is 3.78. The summed E-state index contributed by atoms with van der Waals surface area (Å²) in [5.74, 6) is 0.298. The lowest BCUT2D eigenvalue weighted by atomic mass is 9.98. The van der Waals surface area contributed by atoms with Crippen molar-refractivity contribution < 1.29 is 9.53 Å². The van der Waals surface area contributed by atoms with Crippen molar-refractivity contribution in [3.8, 4) is 0 Å². The highest BCUT2D eigenvalue weighted by Crippen LogP contribution is 2.35. The molecule has 14 heavy (non-hydrogen) atoms. The molecular weight excluding hydrogens is 178 g/mol. The topological polar surface area (TPSA) is 42.1 Å². The quantitative estimate of drug-likeness (QED) is 0.733. The first kappa shape index (κ1) is 9.31. The third-order valence-electron chi connectivity index (χ3n) is 2.96. The number of hydrogen-bond donors (Lipinski definition) is 1. The van der Waals surface area contributed by atoms with E-state index in [0.29, 0.717) is 11.6 Å². The van der Waals surface area contributed by atoms with Gasteiger partial charge in [0.25, 0.3) is 0 Å². The zero-order valence-corrected chi connectivity index (χ0v) is 8.38. The summed E-state index contributed by atoms with van der Waals surface area (Å²) in [5.41, 5.74) is 1.77. The Bertz CT molecular complexity index is 324. The van der Waals surface area contributed by atoms with Crippen molar-refractivity contribution in [3.63, 3.8) is 0 Å². The van der Waals surface area contributed by atoms with Crippen molar-refractivity contribution in [2.24, 2.45) is 0 Å². The second-order valence-corrected chi connectivity index (χ2v) is 3.78. The lowest BCUT2D eigenvalue weighted by Crippen LogP contribution is -2.06. The molecule has 1 aliphatic carbocycles. The van der Waals surface area contributed by atoms with Crippen LogP contribution in [0, 0.1) is 0 Å². The van der Waals surface area contributed by atoms with E-state index >= 15 is 0 Å². The van der Waals surface area contributed by atoms with Crippen LogP contribution in [0.3, 0.4) is 0 Å². The number of esters is 1. The summed E-state index contributed by atoms with van der Waals surface area (Å²) in [6, 6.07) is 2.00. The standard InChI is InChI=1S/C11H15NO2/c1-14-11(13)10-9(6-7-12-10)8-4-2-3-5-8/h6-8,12H,2-5H2,1H3. The van der Waals surface area contributed by atoms with Crippen LogP contribution in [0.2, 0.25) is 0 Å². The second kappa shape index (κ2) is 3.86. The summed E-state index contributed by atoms with van der Waals surface area (Å²) >= 11 is 0. The number of aromatic nitrogens is 1. The molecule has 0 atom stereocenters. The summed E-state index contributed by atoms with van der Waals surface area (Å²) in [7, 11) is 1.42. The van der Waals surface area contributed by atoms with E-state index in [2.05, 4.69) is 4.98 Å². The first-order valence-corrected chi connectivity index (χ1v) is 5.08. The Balaban J connectivity index is 2.24. The predicted octanol–water partition coefficient (Wildman–Crippen LogP) is 2.46. The number of H-pyrrole nitrogens is 1. The van der Waals surface area contributed by atoms with Crippen LogP contribution >= 0.6 is 0 Å². The number of ether oxygens (including phenoxy) is 1. The fraction of sp³-hybridized carbons (Fsp3) is 0.545. The minimum Gasteiger partial charge on any atom is -0.464 e. The molecule has 2 rings (SSSR count). The van der Waals surface area contributed by atoms with Gasteiger partial charge in [0.1, 0.15) is 5.69 Å². The maximum Gasteiger partial charge on any atom is 0.354 e. The summed E-state index contributed by atoms with van der Waals surface area (Å²) in [6.07, 6.45) is 6.76. The number of aromatic amines is 1. The Morgan fingerprint density at radius 3 is 2.86 bits per heavy atom. The zero-order valence-electron chi connectivity index (χ0n) is 8.38. The normalized spacial score (nSPS) is 17.2. The molecule has 1 N–H and O–H groups in total. The van der Waals surface area contributed by atoms with Crippen molar-refractivity contribution in [1.82, 2.24) is 4.98 Å². The van der Waals surface area contributed by atoms with Crippen LogP contribution in [-0.2, 0) is 4.74 Å². The molecule has 1 aromatic heterocycles. The van der Waals surface area contributed by atoms with Crippen LogP contribution < -0.4 is 0 Å². The largest absolute Gasteiger partial charge is 0.464 e. The molecule has 76 valence electrons. The monoisotopic (exact) mass is 193 g/mol. The van der Waals surface area contributed by atoms with Gasteiger partial charge in [0.05, 0.1) is 7.11 Å². The van der Waals surface area contributed by atoms with Gasteiger partial charge in [-0.3, -0.25) is 0 Å². The van der Waals surface area contributed by atoms with Gasteiger partial charge in [-0.2, -0.15) is 0 Å². The van der Waals surface area contributed by atoms with Gasteiger partial charge in [0.2, 0.25) is 0 Å². The molecule has 0 saturated heterocycles. The Morgan fingerprint density at radius 2 is 2.21 bits per heavy atom. The van der Waals surface area contributed by atoms with Gasteiger partial charge in [-0.1, -0.05) is 12.8 Å². The number of rotatable bonds is 2. The van der Waals surface area contributed by atoms with E-state index in [9.17, 15) is 4.79 Å². The van der Waals surface area contributed by atoms with Gasteiger partial charge in [-0.25, -0.2) is 4.79 Å². The van der Waals surface area contributed by atoms with Crippen LogP contribution in [0.25, 0.3) is 0 Å². The maximum atomic E-state index is 11.4. The Hall–Kier alpha value is -1.25. The van der Waals surface area contributed by atoms with E-state index in [1.54, 1.807) is 0 Å². The molecule has 1 saturated carbocycles. The van der Waals surface area contributed by atoms with Crippen molar-refractivity contribution in [1.29, 1.82) is 0 Å². The van der Waals surface area contributed by atoms with Gasteiger partial charge in [-0.15, -0.1) is 0 Å². The highest BCUT2D eigenvalue weighted by atomic mass is 16.5. The number of methoxy groups -OCH3 is 1. The van der Waals surface area contributed by atoms with Crippen LogP contribution in [0.1, 0.15) is 47.7 Å². The molecule has 0 aliphatic heterocycles. The number of nitrogens with one attached hydrogen (secondary N) is 1. The van der Waals surface area contributed by atoms with E-state index in [4.69, 9.17) is 4.74 Å². The van der Waals surface area contributed by atoms with Gasteiger partial charge >= 0.3 is 5.97 Å². The third kappa shape index (κ3) is 1.54. The van der Waals surface area contributed by atoms with Gasteiger partial charge < -0.3 is 9.72 Å². The molecule has 1 aliphatic rings. The first-order chi connectivity index (χ1) is 6.83. The number of carbonyl (C=O) groups is 1. The molecule has 0 spiro atoms. The van der Waals surface area contributed by atoms with Crippen LogP contribution in [-0.4, -0.2) is 18.1 Å². The molecule has 0 unspecified atom stereocenters. The minimum atomic E-state index is -0.253. The smallest absolute Gasteiger partial charge is 0.354 e. The van der Waals surface area contributed by atoms with Crippen molar-refractivity contribution >= 4 is 5.97 Å². The van der Waals surface area contributed by atoms with E-state index in [0.717, 1.165) is 5.56 Å². The highest BCUT2D eigenvalue weighted by Gasteiger charge is 2.23. The van der Waals surface area contributed by atoms with Crippen molar-refractivity contribution in [2.45, 2.75) is 31.6 Å². The zero-order chi connectivity index (χ0) is 9.97. The average molecular weight is 193 g/mol. The van der Waals surface area contributed by atoms with Crippen molar-refractivity contribution in [3.05, 3.63) is 23.5 Å². The van der Waals surface area contributed by atoms with E-state index < -0.39 is 0 Å². The molecule has 0 radical (unpaired) electrons. The Kier molecular flexibility index (Phi) is 2.57. The molecule has 0 aromatic carbocycles. The molecular formula is C11H15NO2. The highest BCUT2D eigenvalue weighted by molar-refractivity contribution is 5.89. The molecule has 0 bridgehead atoms. The van der Waals surface area contributed by atoms with Gasteiger partial charge in [0.15, 0.2) is 0 Å². The molecule has 1 fully saturated rings. The summed E-state index contributed by atoms with van der Waals surface area (Å²) in [4.78, 5) is 14.4. The average Bonchev–Trinajstić information content (AvgIpc) is 2.85. The number of carbonyl (C=O) groups excluding carboxylic acids is 1. The maximum absolute atomic E-state index is 11.4. The fourth-order valence-corrected chi connectivity index (χ4v) is 2.24. The molecule has 3 nitrogen and oxygen atoms in total. The molecule has 1 aromatic rings. The SMILES string of the molecule is COC(=O)c1[nH]ccc1C1CCCC1. The van der Waals surface area contributed by atoms with E-state index in [1.165, 1.54) is 32.8 Å². The minimum absolute atomic E-state index is 0.253. The molecule has 1 heterocycles. The first-order valence-electron chi connectivity index (χ1n) is 5.08. The van der Waals surface area contributed by atoms with Gasteiger partial charge in [-0.05, 0) is 30.4 Å². The van der Waals surface area contributed by atoms with Crippen molar-refractivity contribution in [2.75, 3.05) is 7.11 Å².